The van der Waals surface area contributed by atoms with Gasteiger partial charge in [-0.25, -0.2) is 0 Å². The molecule has 2 N–H and O–H groups in total. The number of alkyl halides is 3. The minimum atomic E-state index is -4.32. The van der Waals surface area contributed by atoms with Crippen molar-refractivity contribution in [2.24, 2.45) is 4.99 Å². The number of hydrogen-bond donors (Lipinski definition) is 2. The van der Waals surface area contributed by atoms with Crippen molar-refractivity contribution in [3.63, 3.8) is 0 Å². The molecule has 6 heteroatoms. The average molecular weight is 313 g/mol. The van der Waals surface area contributed by atoms with Crippen LogP contribution in [0.5, 0.6) is 0 Å². The normalized spacial score (nSPS) is 16.5. The largest absolute Gasteiger partial charge is 0.416 e. The molecule has 0 heterocycles. The molecule has 0 saturated heterocycles. The maximum atomic E-state index is 12.8. The van der Waals surface area contributed by atoms with E-state index in [4.69, 9.17) is 0 Å². The molecule has 122 valence electrons. The standard InChI is InChI=1S/C16H22F3N3/c1-15(2,10-21-14(20-3)22-13-7-8-13)11-5-4-6-12(9-11)16(17,18)19/h4-6,9,13H,7-8,10H2,1-3H3,(H2,20,21,22). The van der Waals surface area contributed by atoms with Crippen molar-refractivity contribution < 1.29 is 13.2 Å². The first-order valence-corrected chi connectivity index (χ1v) is 7.37. The monoisotopic (exact) mass is 313 g/mol. The first-order chi connectivity index (χ1) is 10.2. The van der Waals surface area contributed by atoms with E-state index in [1.807, 2.05) is 13.8 Å². The highest BCUT2D eigenvalue weighted by molar-refractivity contribution is 5.80. The fourth-order valence-corrected chi connectivity index (χ4v) is 2.14. The Morgan fingerprint density at radius 1 is 1.23 bits per heavy atom. The SMILES string of the molecule is CN=C(NCC(C)(C)c1cccc(C(F)(F)F)c1)NC1CC1. The Morgan fingerprint density at radius 2 is 1.86 bits per heavy atom. The summed E-state index contributed by atoms with van der Waals surface area (Å²) in [5.74, 6) is 0.697. The lowest BCUT2D eigenvalue weighted by atomic mass is 9.84. The molecule has 0 unspecified atom stereocenters. The molecular weight excluding hydrogens is 291 g/mol. The minimum Gasteiger partial charge on any atom is -0.356 e. The van der Waals surface area contributed by atoms with Crippen molar-refractivity contribution in [2.75, 3.05) is 13.6 Å². The second-order valence-corrected chi connectivity index (χ2v) is 6.31. The summed E-state index contributed by atoms with van der Waals surface area (Å²) in [6.07, 6.45) is -2.04. The van der Waals surface area contributed by atoms with E-state index in [1.54, 1.807) is 13.1 Å². The molecule has 22 heavy (non-hydrogen) atoms. The lowest BCUT2D eigenvalue weighted by Crippen LogP contribution is -2.44. The molecule has 1 aliphatic rings. The van der Waals surface area contributed by atoms with Crippen LogP contribution in [0.25, 0.3) is 0 Å². The van der Waals surface area contributed by atoms with Crippen molar-refractivity contribution in [2.45, 2.75) is 44.3 Å². The molecule has 1 aromatic rings. The van der Waals surface area contributed by atoms with Crippen LogP contribution < -0.4 is 10.6 Å². The Morgan fingerprint density at radius 3 is 2.41 bits per heavy atom. The highest BCUT2D eigenvalue weighted by Gasteiger charge is 2.32. The number of hydrogen-bond acceptors (Lipinski definition) is 1. The van der Waals surface area contributed by atoms with E-state index in [0.717, 1.165) is 18.9 Å². The van der Waals surface area contributed by atoms with Gasteiger partial charge in [0.2, 0.25) is 0 Å². The molecule has 1 saturated carbocycles. The fourth-order valence-electron chi connectivity index (χ4n) is 2.14. The van der Waals surface area contributed by atoms with Gasteiger partial charge in [-0.15, -0.1) is 0 Å². The number of benzene rings is 1. The fraction of sp³-hybridized carbons (Fsp3) is 0.562. The summed E-state index contributed by atoms with van der Waals surface area (Å²) in [4.78, 5) is 4.14. The summed E-state index contributed by atoms with van der Waals surface area (Å²) in [5.41, 5.74) is -0.405. The van der Waals surface area contributed by atoms with Gasteiger partial charge in [0, 0.05) is 25.0 Å². The Kier molecular flexibility index (Phi) is 4.68. The molecule has 0 spiro atoms. The minimum absolute atomic E-state index is 0.442. The van der Waals surface area contributed by atoms with E-state index >= 15 is 0 Å². The second kappa shape index (κ2) is 6.18. The molecule has 0 bridgehead atoms. The van der Waals surface area contributed by atoms with Gasteiger partial charge < -0.3 is 10.6 Å². The number of rotatable bonds is 4. The quantitative estimate of drug-likeness (QED) is 0.661. The molecule has 0 aromatic heterocycles. The van der Waals surface area contributed by atoms with Gasteiger partial charge in [0.05, 0.1) is 5.56 Å². The van der Waals surface area contributed by atoms with Gasteiger partial charge in [-0.2, -0.15) is 13.2 Å². The van der Waals surface area contributed by atoms with Gasteiger partial charge in [-0.1, -0.05) is 32.0 Å². The van der Waals surface area contributed by atoms with Crippen molar-refractivity contribution in [3.8, 4) is 0 Å². The number of nitrogens with one attached hydrogen (secondary N) is 2. The van der Waals surface area contributed by atoms with Crippen LogP contribution in [0.15, 0.2) is 29.3 Å². The molecule has 1 fully saturated rings. The summed E-state index contributed by atoms with van der Waals surface area (Å²) < 4.78 is 38.5. The Balaban J connectivity index is 2.05. The van der Waals surface area contributed by atoms with Crippen molar-refractivity contribution in [1.82, 2.24) is 10.6 Å². The van der Waals surface area contributed by atoms with Crippen LogP contribution >= 0.6 is 0 Å². The smallest absolute Gasteiger partial charge is 0.356 e. The number of nitrogens with zero attached hydrogens (tertiary/aromatic N) is 1. The van der Waals surface area contributed by atoms with E-state index < -0.39 is 17.2 Å². The molecule has 1 aliphatic carbocycles. The van der Waals surface area contributed by atoms with Crippen molar-refractivity contribution >= 4 is 5.96 Å². The van der Waals surface area contributed by atoms with Gasteiger partial charge >= 0.3 is 6.18 Å². The highest BCUT2D eigenvalue weighted by atomic mass is 19.4. The zero-order chi connectivity index (χ0) is 16.4. The van der Waals surface area contributed by atoms with Crippen LogP contribution in [0.4, 0.5) is 13.2 Å². The van der Waals surface area contributed by atoms with Crippen molar-refractivity contribution in [3.05, 3.63) is 35.4 Å². The first-order valence-electron chi connectivity index (χ1n) is 7.37. The van der Waals surface area contributed by atoms with Crippen LogP contribution in [0.3, 0.4) is 0 Å². The van der Waals surface area contributed by atoms with Gasteiger partial charge in [0.1, 0.15) is 0 Å². The highest BCUT2D eigenvalue weighted by Crippen LogP contribution is 2.32. The molecular formula is C16H22F3N3. The van der Waals surface area contributed by atoms with Gasteiger partial charge in [-0.3, -0.25) is 4.99 Å². The van der Waals surface area contributed by atoms with E-state index in [9.17, 15) is 13.2 Å². The van der Waals surface area contributed by atoms with Gasteiger partial charge in [0.15, 0.2) is 5.96 Å². The predicted octanol–water partition coefficient (Wildman–Crippen LogP) is 3.31. The molecule has 0 radical (unpaired) electrons. The number of halogens is 3. The predicted molar refractivity (Wildman–Crippen MR) is 82.0 cm³/mol. The van der Waals surface area contributed by atoms with E-state index in [0.29, 0.717) is 24.1 Å². The third-order valence-corrected chi connectivity index (χ3v) is 3.81. The van der Waals surface area contributed by atoms with Crippen LogP contribution in [-0.4, -0.2) is 25.6 Å². The van der Waals surface area contributed by atoms with Crippen LogP contribution in [0, 0.1) is 0 Å². The third-order valence-electron chi connectivity index (χ3n) is 3.81. The molecule has 3 nitrogen and oxygen atoms in total. The Hall–Kier alpha value is -1.72. The zero-order valence-corrected chi connectivity index (χ0v) is 13.1. The van der Waals surface area contributed by atoms with Gasteiger partial charge in [-0.05, 0) is 24.5 Å². The summed E-state index contributed by atoms with van der Waals surface area (Å²) in [6.45, 7) is 4.33. The average Bonchev–Trinajstić information content (AvgIpc) is 3.26. The number of aliphatic imine (C=N–C) groups is 1. The summed E-state index contributed by atoms with van der Waals surface area (Å²) in [5, 5.41) is 6.45. The molecule has 1 aromatic carbocycles. The lowest BCUT2D eigenvalue weighted by Gasteiger charge is -2.27. The number of guanidine groups is 1. The van der Waals surface area contributed by atoms with Crippen LogP contribution in [0.1, 0.15) is 37.8 Å². The maximum Gasteiger partial charge on any atom is 0.416 e. The van der Waals surface area contributed by atoms with E-state index in [1.165, 1.54) is 12.1 Å². The summed E-state index contributed by atoms with van der Waals surface area (Å²) >= 11 is 0. The van der Waals surface area contributed by atoms with Crippen LogP contribution in [0.2, 0.25) is 0 Å². The van der Waals surface area contributed by atoms with Crippen molar-refractivity contribution in [1.29, 1.82) is 0 Å². The van der Waals surface area contributed by atoms with Crippen LogP contribution in [-0.2, 0) is 11.6 Å². The van der Waals surface area contributed by atoms with Gasteiger partial charge in [0.25, 0.3) is 0 Å². The first kappa shape index (κ1) is 16.6. The maximum absolute atomic E-state index is 12.8. The summed E-state index contributed by atoms with van der Waals surface area (Å²) in [6, 6.07) is 5.98. The van der Waals surface area contributed by atoms with E-state index in [2.05, 4.69) is 15.6 Å². The van der Waals surface area contributed by atoms with E-state index in [-0.39, 0.29) is 0 Å². The Labute approximate surface area is 129 Å². The molecule has 0 amide bonds. The third kappa shape index (κ3) is 4.39. The lowest BCUT2D eigenvalue weighted by molar-refractivity contribution is -0.137. The zero-order valence-electron chi connectivity index (χ0n) is 13.1. The Bertz CT molecular complexity index is 546. The molecule has 2 rings (SSSR count). The molecule has 0 aliphatic heterocycles. The summed E-state index contributed by atoms with van der Waals surface area (Å²) in [7, 11) is 1.69. The second-order valence-electron chi connectivity index (χ2n) is 6.31. The topological polar surface area (TPSA) is 36.4 Å². The molecule has 0 atom stereocenters.